The third-order valence-corrected chi connectivity index (χ3v) is 4.06. The Morgan fingerprint density at radius 2 is 2.05 bits per heavy atom. The Hall–Kier alpha value is -1.61. The number of rotatable bonds is 3. The number of hydrogen-bond acceptors (Lipinski definition) is 3. The molecule has 3 nitrogen and oxygen atoms in total. The van der Waals surface area contributed by atoms with E-state index in [4.69, 9.17) is 11.6 Å². The Bertz CT molecular complexity index is 612. The van der Waals surface area contributed by atoms with Gasteiger partial charge < -0.3 is 5.32 Å². The zero-order chi connectivity index (χ0) is 13.9. The maximum atomic E-state index is 6.05. The number of nitrogens with zero attached hydrogens (tertiary/aromatic N) is 2. The zero-order valence-corrected chi connectivity index (χ0v) is 12.3. The molecule has 1 aliphatic rings. The van der Waals surface area contributed by atoms with E-state index in [0.29, 0.717) is 0 Å². The molecule has 0 fully saturated rings. The van der Waals surface area contributed by atoms with Crippen LogP contribution in [0.2, 0.25) is 5.02 Å². The SMILES string of the molecule is CC(Nc1ncnc2c1CCCC2)c1cccc(Cl)c1. The molecule has 2 aromatic rings. The summed E-state index contributed by atoms with van der Waals surface area (Å²) in [7, 11) is 0. The molecule has 3 rings (SSSR count). The lowest BCUT2D eigenvalue weighted by atomic mass is 9.96. The first-order valence-corrected chi connectivity index (χ1v) is 7.46. The topological polar surface area (TPSA) is 37.8 Å². The fourth-order valence-corrected chi connectivity index (χ4v) is 2.91. The standard InChI is InChI=1S/C16H18ClN3/c1-11(12-5-4-6-13(17)9-12)20-16-14-7-2-3-8-15(14)18-10-19-16/h4-6,9-11H,2-3,7-8H2,1H3,(H,18,19,20). The van der Waals surface area contributed by atoms with Crippen LogP contribution in [0, 0.1) is 0 Å². The summed E-state index contributed by atoms with van der Waals surface area (Å²) in [6.07, 6.45) is 6.25. The fraction of sp³-hybridized carbons (Fsp3) is 0.375. The van der Waals surface area contributed by atoms with Gasteiger partial charge in [0.05, 0.1) is 6.04 Å². The van der Waals surface area contributed by atoms with Gasteiger partial charge in [-0.3, -0.25) is 0 Å². The van der Waals surface area contributed by atoms with Gasteiger partial charge in [-0.25, -0.2) is 9.97 Å². The molecule has 1 N–H and O–H groups in total. The van der Waals surface area contributed by atoms with E-state index in [0.717, 1.165) is 23.7 Å². The highest BCUT2D eigenvalue weighted by Crippen LogP contribution is 2.27. The van der Waals surface area contributed by atoms with Crippen molar-refractivity contribution < 1.29 is 0 Å². The van der Waals surface area contributed by atoms with Crippen molar-refractivity contribution in [1.29, 1.82) is 0 Å². The van der Waals surface area contributed by atoms with Crippen LogP contribution in [0.25, 0.3) is 0 Å². The van der Waals surface area contributed by atoms with E-state index in [2.05, 4.69) is 28.3 Å². The fourth-order valence-electron chi connectivity index (χ4n) is 2.71. The monoisotopic (exact) mass is 287 g/mol. The number of aryl methyl sites for hydroxylation is 1. The van der Waals surface area contributed by atoms with Crippen molar-refractivity contribution in [2.75, 3.05) is 5.32 Å². The Balaban J connectivity index is 1.84. The van der Waals surface area contributed by atoms with E-state index in [1.165, 1.54) is 29.7 Å². The highest BCUT2D eigenvalue weighted by molar-refractivity contribution is 6.30. The zero-order valence-electron chi connectivity index (χ0n) is 11.6. The van der Waals surface area contributed by atoms with Crippen molar-refractivity contribution >= 4 is 17.4 Å². The summed E-state index contributed by atoms with van der Waals surface area (Å²) in [6, 6.07) is 8.12. The minimum atomic E-state index is 0.176. The second-order valence-corrected chi connectivity index (χ2v) is 5.71. The Morgan fingerprint density at radius 1 is 1.20 bits per heavy atom. The minimum absolute atomic E-state index is 0.176. The number of halogens is 1. The maximum absolute atomic E-state index is 6.05. The van der Waals surface area contributed by atoms with Gasteiger partial charge in [-0.2, -0.15) is 0 Å². The predicted octanol–water partition coefficient (Wildman–Crippen LogP) is 4.18. The van der Waals surface area contributed by atoms with Crippen LogP contribution >= 0.6 is 11.6 Å². The molecule has 1 aliphatic carbocycles. The molecule has 0 saturated heterocycles. The van der Waals surface area contributed by atoms with Crippen LogP contribution in [0.15, 0.2) is 30.6 Å². The van der Waals surface area contributed by atoms with Crippen LogP contribution in [0.1, 0.15) is 42.6 Å². The van der Waals surface area contributed by atoms with Gasteiger partial charge in [0.2, 0.25) is 0 Å². The third-order valence-electron chi connectivity index (χ3n) is 3.83. The summed E-state index contributed by atoms with van der Waals surface area (Å²) in [4.78, 5) is 8.83. The molecule has 0 saturated carbocycles. The number of hydrogen-bond donors (Lipinski definition) is 1. The van der Waals surface area contributed by atoms with Crippen LogP contribution < -0.4 is 5.32 Å². The summed E-state index contributed by atoms with van der Waals surface area (Å²) < 4.78 is 0. The number of anilines is 1. The molecule has 0 radical (unpaired) electrons. The largest absolute Gasteiger partial charge is 0.363 e. The van der Waals surface area contributed by atoms with Crippen LogP contribution in [0.3, 0.4) is 0 Å². The quantitative estimate of drug-likeness (QED) is 0.920. The third kappa shape index (κ3) is 2.78. The average molecular weight is 288 g/mol. The van der Waals surface area contributed by atoms with E-state index in [1.54, 1.807) is 6.33 Å². The molecule has 1 heterocycles. The molecule has 20 heavy (non-hydrogen) atoms. The summed E-state index contributed by atoms with van der Waals surface area (Å²) in [5.41, 5.74) is 3.65. The second-order valence-electron chi connectivity index (χ2n) is 5.28. The lowest BCUT2D eigenvalue weighted by Gasteiger charge is -2.21. The van der Waals surface area contributed by atoms with Crippen LogP contribution in [0.4, 0.5) is 5.82 Å². The first kappa shape index (κ1) is 13.4. The average Bonchev–Trinajstić information content (AvgIpc) is 2.47. The Labute approximate surface area is 124 Å². The lowest BCUT2D eigenvalue weighted by molar-refractivity contribution is 0.661. The van der Waals surface area contributed by atoms with Gasteiger partial charge in [0.25, 0.3) is 0 Å². The van der Waals surface area contributed by atoms with Crippen molar-refractivity contribution in [2.45, 2.75) is 38.6 Å². The molecule has 1 aromatic heterocycles. The normalized spacial score (nSPS) is 15.5. The predicted molar refractivity (Wildman–Crippen MR) is 82.2 cm³/mol. The van der Waals surface area contributed by atoms with Crippen LogP contribution in [-0.2, 0) is 12.8 Å². The molecular formula is C16H18ClN3. The van der Waals surface area contributed by atoms with E-state index < -0.39 is 0 Å². The second kappa shape index (κ2) is 5.80. The molecule has 0 amide bonds. The number of fused-ring (bicyclic) bond motifs is 1. The number of benzene rings is 1. The Kier molecular flexibility index (Phi) is 3.88. The lowest BCUT2D eigenvalue weighted by Crippen LogP contribution is -2.14. The maximum Gasteiger partial charge on any atom is 0.133 e. The first-order chi connectivity index (χ1) is 9.74. The molecule has 1 unspecified atom stereocenters. The van der Waals surface area contributed by atoms with Crippen molar-refractivity contribution in [3.63, 3.8) is 0 Å². The van der Waals surface area contributed by atoms with Gasteiger partial charge in [0, 0.05) is 16.3 Å². The van der Waals surface area contributed by atoms with Crippen LogP contribution in [0.5, 0.6) is 0 Å². The molecule has 1 atom stereocenters. The minimum Gasteiger partial charge on any atom is -0.363 e. The Morgan fingerprint density at radius 3 is 2.90 bits per heavy atom. The van der Waals surface area contributed by atoms with Gasteiger partial charge in [-0.05, 0) is 50.3 Å². The summed E-state index contributed by atoms with van der Waals surface area (Å²) in [5.74, 6) is 0.974. The van der Waals surface area contributed by atoms with Crippen molar-refractivity contribution in [3.8, 4) is 0 Å². The van der Waals surface area contributed by atoms with Crippen molar-refractivity contribution in [2.24, 2.45) is 0 Å². The van der Waals surface area contributed by atoms with Crippen LogP contribution in [-0.4, -0.2) is 9.97 Å². The molecule has 0 bridgehead atoms. The number of aromatic nitrogens is 2. The molecule has 104 valence electrons. The van der Waals surface area contributed by atoms with Gasteiger partial charge in [-0.15, -0.1) is 0 Å². The highest BCUT2D eigenvalue weighted by Gasteiger charge is 2.17. The molecule has 0 spiro atoms. The smallest absolute Gasteiger partial charge is 0.133 e. The highest BCUT2D eigenvalue weighted by atomic mass is 35.5. The summed E-state index contributed by atoms with van der Waals surface area (Å²) in [6.45, 7) is 2.13. The molecular weight excluding hydrogens is 270 g/mol. The number of nitrogens with one attached hydrogen (secondary N) is 1. The molecule has 4 heteroatoms. The first-order valence-electron chi connectivity index (χ1n) is 7.09. The summed E-state index contributed by atoms with van der Waals surface area (Å²) >= 11 is 6.05. The van der Waals surface area contributed by atoms with Gasteiger partial charge >= 0.3 is 0 Å². The van der Waals surface area contributed by atoms with E-state index in [1.807, 2.05) is 18.2 Å². The van der Waals surface area contributed by atoms with Crippen molar-refractivity contribution in [1.82, 2.24) is 9.97 Å². The van der Waals surface area contributed by atoms with Gasteiger partial charge in [0.15, 0.2) is 0 Å². The van der Waals surface area contributed by atoms with E-state index in [9.17, 15) is 0 Å². The molecule has 0 aliphatic heterocycles. The van der Waals surface area contributed by atoms with E-state index >= 15 is 0 Å². The van der Waals surface area contributed by atoms with Gasteiger partial charge in [0.1, 0.15) is 12.1 Å². The molecule has 1 aromatic carbocycles. The summed E-state index contributed by atoms with van der Waals surface area (Å²) in [5, 5.41) is 4.27. The van der Waals surface area contributed by atoms with Crippen molar-refractivity contribution in [3.05, 3.63) is 52.4 Å². The van der Waals surface area contributed by atoms with Gasteiger partial charge in [-0.1, -0.05) is 23.7 Å². The van der Waals surface area contributed by atoms with E-state index in [-0.39, 0.29) is 6.04 Å².